The minimum absolute atomic E-state index is 0.925. The minimum atomic E-state index is 0.925. The van der Waals surface area contributed by atoms with Crippen molar-refractivity contribution in [3.05, 3.63) is 0 Å². The smallest absolute Gasteiger partial charge is 0.0195 e. The normalized spacial score (nSPS) is 45.0. The third kappa shape index (κ3) is 2.98. The molecule has 1 nitrogen and oxygen atoms in total. The van der Waals surface area contributed by atoms with Gasteiger partial charge < -0.3 is 5.73 Å². The molecule has 0 radical (unpaired) electrons. The second-order valence-corrected chi connectivity index (χ2v) is 4.77. The Bertz CT molecular complexity index is 119. The van der Waals surface area contributed by atoms with Gasteiger partial charge in [-0.2, -0.15) is 0 Å². The zero-order valence-electron chi connectivity index (χ0n) is 10.2. The predicted octanol–water partition coefficient (Wildman–Crippen LogP) is 3.15. The maximum atomic E-state index is 4.50. The highest BCUT2D eigenvalue weighted by atomic mass is 14.4. The molecule has 0 bridgehead atoms. The van der Waals surface area contributed by atoms with Crippen molar-refractivity contribution in [2.45, 2.75) is 41.0 Å². The molecule has 4 unspecified atom stereocenters. The Morgan fingerprint density at radius 2 is 1.00 bits per heavy atom. The van der Waals surface area contributed by atoms with Crippen molar-refractivity contribution in [1.82, 2.24) is 0 Å². The molecule has 0 aliphatic heterocycles. The van der Waals surface area contributed by atoms with Crippen LogP contribution in [-0.2, 0) is 0 Å². The summed E-state index contributed by atoms with van der Waals surface area (Å²) in [5.74, 6) is 4.67. The molecule has 13 heavy (non-hydrogen) atoms. The fourth-order valence-corrected chi connectivity index (χ4v) is 2.53. The Morgan fingerprint density at radius 3 is 1.31 bits per heavy atom. The maximum Gasteiger partial charge on any atom is -0.0195 e. The van der Waals surface area contributed by atoms with E-state index < -0.39 is 0 Å². The summed E-state index contributed by atoms with van der Waals surface area (Å²) in [5.41, 5.74) is 4.50. The van der Waals surface area contributed by atoms with Crippen LogP contribution in [0.4, 0.5) is 0 Å². The van der Waals surface area contributed by atoms with Gasteiger partial charge in [0.05, 0.1) is 0 Å². The Morgan fingerprint density at radius 1 is 0.692 bits per heavy atom. The van der Waals surface area contributed by atoms with Crippen LogP contribution in [0.25, 0.3) is 0 Å². The van der Waals surface area contributed by atoms with E-state index in [9.17, 15) is 0 Å². The van der Waals surface area contributed by atoms with Crippen molar-refractivity contribution in [1.29, 1.82) is 0 Å². The molecule has 0 amide bonds. The van der Waals surface area contributed by atoms with Crippen molar-refractivity contribution >= 4 is 0 Å². The highest BCUT2D eigenvalue weighted by molar-refractivity contribution is 4.82. The van der Waals surface area contributed by atoms with Gasteiger partial charge in [-0.25, -0.2) is 0 Å². The summed E-state index contributed by atoms with van der Waals surface area (Å²) in [6, 6.07) is 0. The van der Waals surface area contributed by atoms with E-state index in [4.69, 9.17) is 0 Å². The second kappa shape index (κ2) is 5.64. The van der Waals surface area contributed by atoms with E-state index in [-0.39, 0.29) is 0 Å². The molecule has 0 heterocycles. The number of rotatable bonds is 0. The van der Waals surface area contributed by atoms with E-state index in [1.807, 2.05) is 0 Å². The molecular weight excluding hydrogens is 158 g/mol. The molecular formula is C12H27N. The SMILES string of the molecule is CC1CC(C)C(C)C(C)C1C.CN. The lowest BCUT2D eigenvalue weighted by Crippen LogP contribution is -2.33. The average Bonchev–Trinajstić information content (AvgIpc) is 2.15. The molecule has 0 spiro atoms. The molecule has 4 atom stereocenters. The molecule has 1 aliphatic carbocycles. The van der Waals surface area contributed by atoms with Gasteiger partial charge in [-0.15, -0.1) is 0 Å². The van der Waals surface area contributed by atoms with E-state index in [1.54, 1.807) is 0 Å². The van der Waals surface area contributed by atoms with E-state index in [0.717, 1.165) is 29.6 Å². The molecule has 80 valence electrons. The molecule has 1 heteroatoms. The van der Waals surface area contributed by atoms with Gasteiger partial charge in [-0.3, -0.25) is 0 Å². The first-order valence-corrected chi connectivity index (χ1v) is 5.61. The lowest BCUT2D eigenvalue weighted by atomic mass is 9.65. The van der Waals surface area contributed by atoms with Crippen LogP contribution >= 0.6 is 0 Å². The highest BCUT2D eigenvalue weighted by Crippen LogP contribution is 2.41. The lowest BCUT2D eigenvalue weighted by Gasteiger charge is -2.41. The standard InChI is InChI=1S/C11H22.CH5N/c1-7-6-8(2)10(4)11(5)9(7)3;1-2/h7-11H,6H2,1-5H3;2H2,1H3. The zero-order chi connectivity index (χ0) is 10.6. The Kier molecular flexibility index (Phi) is 5.62. The Hall–Kier alpha value is -0.0400. The minimum Gasteiger partial charge on any atom is -0.333 e. The monoisotopic (exact) mass is 185 g/mol. The highest BCUT2D eigenvalue weighted by Gasteiger charge is 2.33. The van der Waals surface area contributed by atoms with Crippen molar-refractivity contribution in [2.75, 3.05) is 7.05 Å². The molecule has 2 N–H and O–H groups in total. The lowest BCUT2D eigenvalue weighted by molar-refractivity contribution is 0.0855. The molecule has 1 aliphatic rings. The van der Waals surface area contributed by atoms with Gasteiger partial charge in [0.25, 0.3) is 0 Å². The molecule has 0 saturated heterocycles. The zero-order valence-corrected chi connectivity index (χ0v) is 10.2. The van der Waals surface area contributed by atoms with E-state index >= 15 is 0 Å². The van der Waals surface area contributed by atoms with Crippen LogP contribution in [-0.4, -0.2) is 7.05 Å². The number of hydrogen-bond donors (Lipinski definition) is 1. The largest absolute Gasteiger partial charge is 0.333 e. The van der Waals surface area contributed by atoms with E-state index in [0.29, 0.717) is 0 Å². The van der Waals surface area contributed by atoms with Crippen LogP contribution in [0, 0.1) is 29.6 Å². The molecule has 0 aromatic carbocycles. The summed E-state index contributed by atoms with van der Waals surface area (Å²) in [7, 11) is 1.50. The summed E-state index contributed by atoms with van der Waals surface area (Å²) >= 11 is 0. The van der Waals surface area contributed by atoms with E-state index in [1.165, 1.54) is 13.5 Å². The van der Waals surface area contributed by atoms with Gasteiger partial charge >= 0.3 is 0 Å². The average molecular weight is 185 g/mol. The summed E-state index contributed by atoms with van der Waals surface area (Å²) < 4.78 is 0. The Balaban J connectivity index is 0.000000671. The van der Waals surface area contributed by atoms with Gasteiger partial charge in [0, 0.05) is 0 Å². The topological polar surface area (TPSA) is 26.0 Å². The fraction of sp³-hybridized carbons (Fsp3) is 1.00. The second-order valence-electron chi connectivity index (χ2n) is 4.77. The number of hydrogen-bond acceptors (Lipinski definition) is 1. The third-order valence-corrected chi connectivity index (χ3v) is 4.20. The van der Waals surface area contributed by atoms with Gasteiger partial charge in [0.15, 0.2) is 0 Å². The first kappa shape index (κ1) is 13.0. The van der Waals surface area contributed by atoms with Crippen LogP contribution in [0.3, 0.4) is 0 Å². The van der Waals surface area contributed by atoms with Crippen molar-refractivity contribution in [3.8, 4) is 0 Å². The van der Waals surface area contributed by atoms with Crippen LogP contribution in [0.2, 0.25) is 0 Å². The predicted molar refractivity (Wildman–Crippen MR) is 60.5 cm³/mol. The van der Waals surface area contributed by atoms with Gasteiger partial charge in [-0.05, 0) is 43.1 Å². The summed E-state index contributed by atoms with van der Waals surface area (Å²) in [5, 5.41) is 0. The van der Waals surface area contributed by atoms with Gasteiger partial charge in [0.2, 0.25) is 0 Å². The summed E-state index contributed by atoms with van der Waals surface area (Å²) in [6.07, 6.45) is 1.44. The summed E-state index contributed by atoms with van der Waals surface area (Å²) in [6.45, 7) is 12.1. The molecule has 1 saturated carbocycles. The molecule has 0 aromatic rings. The Labute approximate surface area is 84.1 Å². The quantitative estimate of drug-likeness (QED) is 0.616. The van der Waals surface area contributed by atoms with Crippen LogP contribution < -0.4 is 5.73 Å². The van der Waals surface area contributed by atoms with Crippen molar-refractivity contribution in [2.24, 2.45) is 35.3 Å². The van der Waals surface area contributed by atoms with Crippen molar-refractivity contribution in [3.63, 3.8) is 0 Å². The van der Waals surface area contributed by atoms with Gasteiger partial charge in [-0.1, -0.05) is 34.6 Å². The van der Waals surface area contributed by atoms with Gasteiger partial charge in [0.1, 0.15) is 0 Å². The first-order valence-electron chi connectivity index (χ1n) is 5.61. The number of nitrogens with two attached hydrogens (primary N) is 1. The first-order chi connectivity index (χ1) is 6.04. The van der Waals surface area contributed by atoms with Crippen LogP contribution in [0.1, 0.15) is 41.0 Å². The maximum absolute atomic E-state index is 4.50. The van der Waals surface area contributed by atoms with Crippen molar-refractivity contribution < 1.29 is 0 Å². The molecule has 1 fully saturated rings. The fourth-order valence-electron chi connectivity index (χ4n) is 2.53. The third-order valence-electron chi connectivity index (χ3n) is 4.20. The van der Waals surface area contributed by atoms with Crippen LogP contribution in [0.5, 0.6) is 0 Å². The molecule has 1 rings (SSSR count). The molecule has 0 aromatic heterocycles. The summed E-state index contributed by atoms with van der Waals surface area (Å²) in [4.78, 5) is 0. The van der Waals surface area contributed by atoms with Crippen LogP contribution in [0.15, 0.2) is 0 Å². The van der Waals surface area contributed by atoms with E-state index in [2.05, 4.69) is 40.4 Å².